The summed E-state index contributed by atoms with van der Waals surface area (Å²) in [5.74, 6) is 0.474. The Morgan fingerprint density at radius 1 is 0.944 bits per heavy atom. The number of aromatic amines is 1. The first-order valence-corrected chi connectivity index (χ1v) is 12.6. The number of nitrogens with one attached hydrogen (secondary N) is 1. The highest BCUT2D eigenvalue weighted by atomic mass is 32.2. The minimum absolute atomic E-state index is 0.0219. The number of nitrogens with zero attached hydrogens (tertiary/aromatic N) is 4. The van der Waals surface area contributed by atoms with Crippen molar-refractivity contribution < 1.29 is 4.79 Å². The summed E-state index contributed by atoms with van der Waals surface area (Å²) in [5, 5.41) is 10.5. The topological polar surface area (TPSA) is 85.0 Å². The second-order valence-corrected chi connectivity index (χ2v) is 10.1. The molecule has 3 aromatic heterocycles. The zero-order valence-corrected chi connectivity index (χ0v) is 20.6. The number of Topliss-reactive ketones (excluding diaryl/α,β-unsaturated/α-hetero) is 1. The molecule has 0 bridgehead atoms. The van der Waals surface area contributed by atoms with Gasteiger partial charge in [0.25, 0.3) is 5.56 Å². The van der Waals surface area contributed by atoms with Crippen LogP contribution in [-0.2, 0) is 6.54 Å². The van der Waals surface area contributed by atoms with Gasteiger partial charge in [-0.2, -0.15) is 0 Å². The molecule has 0 fully saturated rings. The summed E-state index contributed by atoms with van der Waals surface area (Å²) in [6.45, 7) is 4.18. The first-order chi connectivity index (χ1) is 17.5. The summed E-state index contributed by atoms with van der Waals surface area (Å²) in [6.07, 6.45) is 0. The SMILES string of the molecule is Cc1[nH]c2ccccc2c1C(=O)C(C)Sc1nnc2n(Cc3ccccc3)c(=O)c3ccccc3n12. The molecule has 0 saturated carbocycles. The molecule has 0 spiro atoms. The fourth-order valence-electron chi connectivity index (χ4n) is 4.73. The normalized spacial score (nSPS) is 12.5. The average Bonchev–Trinajstić information content (AvgIpc) is 3.47. The van der Waals surface area contributed by atoms with E-state index in [9.17, 15) is 9.59 Å². The lowest BCUT2D eigenvalue weighted by Crippen LogP contribution is -2.24. The van der Waals surface area contributed by atoms with Crippen LogP contribution in [0.5, 0.6) is 0 Å². The van der Waals surface area contributed by atoms with Gasteiger partial charge in [0.15, 0.2) is 10.9 Å². The second kappa shape index (κ2) is 8.80. The largest absolute Gasteiger partial charge is 0.358 e. The van der Waals surface area contributed by atoms with Crippen molar-refractivity contribution in [1.82, 2.24) is 24.1 Å². The number of fused-ring (bicyclic) bond motifs is 4. The second-order valence-electron chi connectivity index (χ2n) is 8.81. The van der Waals surface area contributed by atoms with E-state index in [4.69, 9.17) is 0 Å². The van der Waals surface area contributed by atoms with Crippen LogP contribution in [0.3, 0.4) is 0 Å². The van der Waals surface area contributed by atoms with Crippen molar-refractivity contribution in [2.45, 2.75) is 30.8 Å². The number of aryl methyl sites for hydroxylation is 1. The van der Waals surface area contributed by atoms with Gasteiger partial charge in [0, 0.05) is 22.2 Å². The lowest BCUT2D eigenvalue weighted by molar-refractivity contribution is 0.0995. The fraction of sp³-hybridized carbons (Fsp3) is 0.143. The zero-order chi connectivity index (χ0) is 24.8. The van der Waals surface area contributed by atoms with Crippen molar-refractivity contribution in [3.63, 3.8) is 0 Å². The molecule has 36 heavy (non-hydrogen) atoms. The van der Waals surface area contributed by atoms with Crippen LogP contribution in [0.1, 0.15) is 28.5 Å². The van der Waals surface area contributed by atoms with Crippen LogP contribution in [0.25, 0.3) is 27.6 Å². The van der Waals surface area contributed by atoms with Gasteiger partial charge in [0.05, 0.1) is 22.7 Å². The van der Waals surface area contributed by atoms with Gasteiger partial charge in [0.1, 0.15) is 0 Å². The Labute approximate surface area is 210 Å². The minimum atomic E-state index is -0.413. The predicted molar refractivity (Wildman–Crippen MR) is 143 cm³/mol. The first kappa shape index (κ1) is 22.3. The summed E-state index contributed by atoms with van der Waals surface area (Å²) < 4.78 is 3.53. The number of thioether (sulfide) groups is 1. The highest BCUT2D eigenvalue weighted by Crippen LogP contribution is 2.30. The maximum atomic E-state index is 13.6. The van der Waals surface area contributed by atoms with Crippen molar-refractivity contribution in [1.29, 1.82) is 0 Å². The van der Waals surface area contributed by atoms with E-state index in [1.165, 1.54) is 11.8 Å². The summed E-state index contributed by atoms with van der Waals surface area (Å²) in [5.41, 5.74) is 4.08. The molecular weight excluding hydrogens is 470 g/mol. The van der Waals surface area contributed by atoms with Gasteiger partial charge in [-0.3, -0.25) is 18.6 Å². The molecule has 0 radical (unpaired) electrons. The smallest absolute Gasteiger partial charge is 0.263 e. The molecule has 0 aliphatic carbocycles. The number of para-hydroxylation sites is 2. The maximum absolute atomic E-state index is 13.6. The molecule has 1 unspecified atom stereocenters. The van der Waals surface area contributed by atoms with Crippen molar-refractivity contribution >= 4 is 45.1 Å². The molecule has 3 heterocycles. The molecule has 6 rings (SSSR count). The number of hydrogen-bond acceptors (Lipinski definition) is 5. The van der Waals surface area contributed by atoms with Gasteiger partial charge < -0.3 is 4.98 Å². The van der Waals surface area contributed by atoms with Crippen molar-refractivity contribution in [2.75, 3.05) is 0 Å². The lowest BCUT2D eigenvalue weighted by atomic mass is 10.1. The molecule has 0 amide bonds. The Bertz CT molecular complexity index is 1820. The fourth-order valence-corrected chi connectivity index (χ4v) is 5.64. The van der Waals surface area contributed by atoms with Gasteiger partial charge in [-0.25, -0.2) is 0 Å². The maximum Gasteiger partial charge on any atom is 0.263 e. The molecule has 6 aromatic rings. The monoisotopic (exact) mass is 493 g/mol. The molecule has 3 aromatic carbocycles. The number of carbonyl (C=O) groups is 1. The number of aromatic nitrogens is 5. The lowest BCUT2D eigenvalue weighted by Gasteiger charge is -2.13. The standard InChI is InChI=1S/C28H23N5O2S/c1-17-24(20-12-6-8-14-22(20)29-17)25(34)18(2)36-28-31-30-27-32(16-19-10-4-3-5-11-19)26(35)21-13-7-9-15-23(21)33(27)28/h3-15,18,29H,16H2,1-2H3. The highest BCUT2D eigenvalue weighted by Gasteiger charge is 2.25. The third-order valence-corrected chi connectivity index (χ3v) is 7.50. The minimum Gasteiger partial charge on any atom is -0.358 e. The highest BCUT2D eigenvalue weighted by molar-refractivity contribution is 8.00. The number of hydrogen-bond donors (Lipinski definition) is 1. The molecule has 7 nitrogen and oxygen atoms in total. The van der Waals surface area contributed by atoms with Crippen LogP contribution in [-0.4, -0.2) is 35.2 Å². The first-order valence-electron chi connectivity index (χ1n) is 11.7. The summed E-state index contributed by atoms with van der Waals surface area (Å²) in [7, 11) is 0. The Hall–Kier alpha value is -4.17. The Balaban J connectivity index is 1.45. The van der Waals surface area contributed by atoms with Crippen molar-refractivity contribution in [3.05, 3.63) is 106 Å². The van der Waals surface area contributed by atoms with Crippen molar-refractivity contribution in [3.8, 4) is 0 Å². The quantitative estimate of drug-likeness (QED) is 0.253. The van der Waals surface area contributed by atoms with E-state index in [1.807, 2.05) is 97.1 Å². The summed E-state index contributed by atoms with van der Waals surface area (Å²) in [4.78, 5) is 30.3. The Morgan fingerprint density at radius 2 is 1.64 bits per heavy atom. The van der Waals surface area contributed by atoms with Gasteiger partial charge in [-0.15, -0.1) is 10.2 Å². The van der Waals surface area contributed by atoms with Crippen LogP contribution >= 0.6 is 11.8 Å². The van der Waals surface area contributed by atoms with E-state index in [-0.39, 0.29) is 11.3 Å². The number of ketones is 1. The van der Waals surface area contributed by atoms with Gasteiger partial charge >= 0.3 is 0 Å². The zero-order valence-electron chi connectivity index (χ0n) is 19.8. The van der Waals surface area contributed by atoms with Crippen LogP contribution in [0.2, 0.25) is 0 Å². The summed E-state index contributed by atoms with van der Waals surface area (Å²) in [6, 6.07) is 25.1. The number of rotatable bonds is 6. The number of benzene rings is 3. The Morgan fingerprint density at radius 3 is 2.44 bits per heavy atom. The number of carbonyl (C=O) groups excluding carboxylic acids is 1. The molecule has 1 N–H and O–H groups in total. The van der Waals surface area contributed by atoms with Crippen LogP contribution < -0.4 is 5.56 Å². The van der Waals surface area contributed by atoms with Gasteiger partial charge in [-0.1, -0.05) is 72.4 Å². The average molecular weight is 494 g/mol. The third-order valence-electron chi connectivity index (χ3n) is 6.45. The van der Waals surface area contributed by atoms with E-state index in [0.29, 0.717) is 28.4 Å². The van der Waals surface area contributed by atoms with Gasteiger partial charge in [-0.05, 0) is 37.6 Å². The molecule has 178 valence electrons. The predicted octanol–water partition coefficient (Wildman–Crippen LogP) is 5.25. The molecule has 1 atom stereocenters. The molecule has 0 aliphatic heterocycles. The molecular formula is C28H23N5O2S. The number of H-pyrrole nitrogens is 1. The third kappa shape index (κ3) is 3.61. The van der Waals surface area contributed by atoms with Crippen molar-refractivity contribution in [2.24, 2.45) is 0 Å². The van der Waals surface area contributed by atoms with E-state index in [2.05, 4.69) is 15.2 Å². The van der Waals surface area contributed by atoms with Crippen LogP contribution in [0.15, 0.2) is 88.8 Å². The molecule has 0 aliphatic rings. The molecule has 0 saturated heterocycles. The van der Waals surface area contributed by atoms with E-state index < -0.39 is 5.25 Å². The summed E-state index contributed by atoms with van der Waals surface area (Å²) >= 11 is 1.35. The van der Waals surface area contributed by atoms with E-state index >= 15 is 0 Å². The van der Waals surface area contributed by atoms with E-state index in [1.54, 1.807) is 4.57 Å². The van der Waals surface area contributed by atoms with Gasteiger partial charge in [0.2, 0.25) is 5.78 Å². The van der Waals surface area contributed by atoms with E-state index in [0.717, 1.165) is 27.7 Å². The van der Waals surface area contributed by atoms with Crippen LogP contribution in [0.4, 0.5) is 0 Å². The van der Waals surface area contributed by atoms with Crippen LogP contribution in [0, 0.1) is 6.92 Å². The molecule has 8 heteroatoms. The Kier molecular flexibility index (Phi) is 5.45.